The minimum atomic E-state index is -0.511. The van der Waals surface area contributed by atoms with Crippen molar-refractivity contribution in [3.8, 4) is 50.3 Å². The van der Waals surface area contributed by atoms with E-state index in [0.717, 1.165) is 33.9 Å². The summed E-state index contributed by atoms with van der Waals surface area (Å²) >= 11 is 0. The van der Waals surface area contributed by atoms with Crippen LogP contribution < -0.4 is 4.90 Å². The first-order valence-corrected chi connectivity index (χ1v) is 23.8. The molecule has 0 saturated carbocycles. The summed E-state index contributed by atoms with van der Waals surface area (Å²) in [6.45, 7) is 0. The molecule has 0 N–H and O–H groups in total. The largest absolute Gasteiger partial charge is 0.310 e. The van der Waals surface area contributed by atoms with Crippen LogP contribution in [0.15, 0.2) is 279 Å². The zero-order chi connectivity index (χ0) is 45.7. The van der Waals surface area contributed by atoms with Gasteiger partial charge < -0.3 is 9.47 Å². The van der Waals surface area contributed by atoms with Crippen LogP contribution >= 0.6 is 0 Å². The van der Waals surface area contributed by atoms with E-state index in [9.17, 15) is 0 Å². The molecule has 1 aliphatic carbocycles. The summed E-state index contributed by atoms with van der Waals surface area (Å²) in [4.78, 5) is 2.45. The van der Waals surface area contributed by atoms with Gasteiger partial charge in [-0.15, -0.1) is 0 Å². The molecule has 0 spiro atoms. The van der Waals surface area contributed by atoms with Gasteiger partial charge in [0.2, 0.25) is 0 Å². The van der Waals surface area contributed by atoms with E-state index in [4.69, 9.17) is 0 Å². The van der Waals surface area contributed by atoms with Gasteiger partial charge in [-0.25, -0.2) is 0 Å². The van der Waals surface area contributed by atoms with E-state index in [1.165, 1.54) is 77.4 Å². The van der Waals surface area contributed by atoms with E-state index in [1.807, 2.05) is 0 Å². The molecular formula is C67H46N2. The predicted molar refractivity (Wildman–Crippen MR) is 289 cm³/mol. The Kier molecular flexibility index (Phi) is 9.77. The first kappa shape index (κ1) is 40.3. The van der Waals surface area contributed by atoms with Crippen molar-refractivity contribution in [3.63, 3.8) is 0 Å². The van der Waals surface area contributed by atoms with Gasteiger partial charge in [-0.1, -0.05) is 231 Å². The van der Waals surface area contributed by atoms with Gasteiger partial charge in [-0.05, 0) is 110 Å². The third kappa shape index (κ3) is 6.56. The normalized spacial score (nSPS) is 12.5. The van der Waals surface area contributed by atoms with Crippen molar-refractivity contribution >= 4 is 38.7 Å². The summed E-state index contributed by atoms with van der Waals surface area (Å²) in [7, 11) is 0. The maximum atomic E-state index is 2.46. The van der Waals surface area contributed by atoms with Crippen LogP contribution in [0.1, 0.15) is 22.3 Å². The zero-order valence-corrected chi connectivity index (χ0v) is 38.0. The Balaban J connectivity index is 0.941. The summed E-state index contributed by atoms with van der Waals surface area (Å²) in [5.41, 5.74) is 19.9. The molecule has 11 aromatic carbocycles. The molecular weight excluding hydrogens is 833 g/mol. The van der Waals surface area contributed by atoms with Gasteiger partial charge in [0.1, 0.15) is 0 Å². The minimum Gasteiger partial charge on any atom is -0.310 e. The second-order valence-corrected chi connectivity index (χ2v) is 18.0. The highest BCUT2D eigenvalue weighted by molar-refractivity contribution is 6.06. The van der Waals surface area contributed by atoms with Gasteiger partial charge in [0.15, 0.2) is 0 Å². The standard InChI is InChI=1S/C67H46N2/c1-5-21-50(22-6-1)65-60-32-16-18-34-64(60)69(66(65)51-23-7-2-8-24-51)55-42-38-48(39-43-55)47-36-40-54(41-37-47)68(63-35-19-25-49-20-13-14-30-57(49)63)56-44-45-59-58-31-15-17-33-61(58)67(62(59)46-56,52-26-9-3-10-27-52)53-28-11-4-12-29-53/h1-46H. The van der Waals surface area contributed by atoms with E-state index in [1.54, 1.807) is 0 Å². The zero-order valence-electron chi connectivity index (χ0n) is 38.0. The molecule has 69 heavy (non-hydrogen) atoms. The molecule has 1 heterocycles. The van der Waals surface area contributed by atoms with Gasteiger partial charge in [0.05, 0.1) is 22.3 Å². The molecule has 12 aromatic rings. The van der Waals surface area contributed by atoms with Crippen molar-refractivity contribution in [2.45, 2.75) is 5.41 Å². The lowest BCUT2D eigenvalue weighted by Crippen LogP contribution is -2.28. The van der Waals surface area contributed by atoms with Gasteiger partial charge in [-0.2, -0.15) is 0 Å². The van der Waals surface area contributed by atoms with Crippen molar-refractivity contribution < 1.29 is 0 Å². The van der Waals surface area contributed by atoms with Crippen LogP contribution in [0.5, 0.6) is 0 Å². The molecule has 13 rings (SSSR count). The number of rotatable bonds is 9. The predicted octanol–water partition coefficient (Wildman–Crippen LogP) is 17.6. The summed E-state index contributed by atoms with van der Waals surface area (Å²) in [5.74, 6) is 0. The Hall–Kier alpha value is -8.98. The number of nitrogens with zero attached hydrogens (tertiary/aromatic N) is 2. The molecule has 0 saturated heterocycles. The number of hydrogen-bond donors (Lipinski definition) is 0. The van der Waals surface area contributed by atoms with Crippen molar-refractivity contribution in [2.75, 3.05) is 4.90 Å². The molecule has 0 amide bonds. The van der Waals surface area contributed by atoms with E-state index >= 15 is 0 Å². The average Bonchev–Trinajstić information content (AvgIpc) is 3.93. The summed E-state index contributed by atoms with van der Waals surface area (Å²) < 4.78 is 2.43. The maximum Gasteiger partial charge on any atom is 0.0714 e. The van der Waals surface area contributed by atoms with E-state index in [2.05, 4.69) is 289 Å². The Bertz CT molecular complexity index is 3750. The number of hydrogen-bond acceptors (Lipinski definition) is 1. The van der Waals surface area contributed by atoms with Crippen molar-refractivity contribution in [1.82, 2.24) is 4.57 Å². The lowest BCUT2D eigenvalue weighted by atomic mass is 9.67. The second-order valence-electron chi connectivity index (χ2n) is 18.0. The molecule has 0 bridgehead atoms. The molecule has 0 radical (unpaired) electrons. The van der Waals surface area contributed by atoms with Gasteiger partial charge in [0.25, 0.3) is 0 Å². The van der Waals surface area contributed by atoms with Crippen molar-refractivity contribution in [3.05, 3.63) is 301 Å². The number of benzene rings is 11. The molecule has 0 unspecified atom stereocenters. The fourth-order valence-corrected chi connectivity index (χ4v) is 11.3. The van der Waals surface area contributed by atoms with Crippen molar-refractivity contribution in [1.29, 1.82) is 0 Å². The fraction of sp³-hybridized carbons (Fsp3) is 0.0149. The summed E-state index contributed by atoms with van der Waals surface area (Å²) in [6.07, 6.45) is 0. The highest BCUT2D eigenvalue weighted by atomic mass is 15.1. The van der Waals surface area contributed by atoms with Crippen molar-refractivity contribution in [2.24, 2.45) is 0 Å². The highest BCUT2D eigenvalue weighted by Gasteiger charge is 2.46. The van der Waals surface area contributed by atoms with Crippen LogP contribution in [0.4, 0.5) is 17.1 Å². The average molecular weight is 879 g/mol. The van der Waals surface area contributed by atoms with Gasteiger partial charge in [-0.3, -0.25) is 0 Å². The van der Waals surface area contributed by atoms with E-state index in [-0.39, 0.29) is 0 Å². The smallest absolute Gasteiger partial charge is 0.0714 e. The van der Waals surface area contributed by atoms with Crippen LogP contribution in [-0.4, -0.2) is 4.57 Å². The number of anilines is 3. The molecule has 2 heteroatoms. The van der Waals surface area contributed by atoms with Crippen LogP contribution in [-0.2, 0) is 5.41 Å². The van der Waals surface area contributed by atoms with E-state index < -0.39 is 5.41 Å². The lowest BCUT2D eigenvalue weighted by molar-refractivity contribution is 0.768. The quantitative estimate of drug-likeness (QED) is 0.140. The van der Waals surface area contributed by atoms with Crippen LogP contribution in [0.3, 0.4) is 0 Å². The number of para-hydroxylation sites is 1. The second kappa shape index (κ2) is 16.7. The molecule has 1 aromatic heterocycles. The summed E-state index contributed by atoms with van der Waals surface area (Å²) in [5, 5.41) is 3.63. The SMILES string of the molecule is c1ccc(-c2c(-c3ccccc3)n(-c3ccc(-c4ccc(N(c5ccc6c(c5)C(c5ccccc5)(c5ccccc5)c5ccccc5-6)c5cccc6ccccc56)cc4)cc3)c3ccccc23)cc1. The summed E-state index contributed by atoms with van der Waals surface area (Å²) in [6, 6.07) is 102. The molecule has 2 nitrogen and oxygen atoms in total. The highest BCUT2D eigenvalue weighted by Crippen LogP contribution is 2.57. The van der Waals surface area contributed by atoms with E-state index in [0.29, 0.717) is 0 Å². The number of fused-ring (bicyclic) bond motifs is 5. The Labute approximate surface area is 403 Å². The third-order valence-electron chi connectivity index (χ3n) is 14.3. The van der Waals surface area contributed by atoms with Gasteiger partial charge >= 0.3 is 0 Å². The first-order valence-electron chi connectivity index (χ1n) is 23.8. The Morgan fingerprint density at radius 2 is 0.855 bits per heavy atom. The van der Waals surface area contributed by atoms with Gasteiger partial charge in [0, 0.05) is 33.4 Å². The fourth-order valence-electron chi connectivity index (χ4n) is 11.3. The number of aromatic nitrogens is 1. The Morgan fingerprint density at radius 1 is 0.333 bits per heavy atom. The molecule has 324 valence electrons. The van der Waals surface area contributed by atoms with Crippen LogP contribution in [0.25, 0.3) is 72.0 Å². The topological polar surface area (TPSA) is 8.17 Å². The molecule has 0 atom stereocenters. The first-order chi connectivity index (χ1) is 34.3. The Morgan fingerprint density at radius 3 is 1.55 bits per heavy atom. The maximum absolute atomic E-state index is 2.46. The molecule has 0 aliphatic heterocycles. The van der Waals surface area contributed by atoms with Crippen LogP contribution in [0, 0.1) is 0 Å². The lowest BCUT2D eigenvalue weighted by Gasteiger charge is -2.35. The minimum absolute atomic E-state index is 0.511. The molecule has 1 aliphatic rings. The molecule has 0 fully saturated rings. The third-order valence-corrected chi connectivity index (χ3v) is 14.3. The van der Waals surface area contributed by atoms with Crippen LogP contribution in [0.2, 0.25) is 0 Å². The monoisotopic (exact) mass is 878 g/mol.